The number of esters is 1. The standard InChI is InChI=1S/C26H31NO6S2/c1-7-16(8-2)11-15(3)27-24(28)22(35-26(27)34)14-18-9-10-20(33-18)17-12-19(25(29)32-6)23(31-5)21(13-17)30-4/h9-10,12-16H,7-8,11H2,1-6H3/b22-14-. The second-order valence-electron chi connectivity index (χ2n) is 8.27. The van der Waals surface area contributed by atoms with Crippen molar-refractivity contribution in [2.45, 2.75) is 46.1 Å². The number of carbonyl (C=O) groups excluding carboxylic acids is 2. The summed E-state index contributed by atoms with van der Waals surface area (Å²) < 4.78 is 22.2. The fourth-order valence-electron chi connectivity index (χ4n) is 4.15. The number of furan rings is 1. The second-order valence-corrected chi connectivity index (χ2v) is 9.95. The minimum atomic E-state index is -0.556. The molecule has 1 amide bonds. The number of carbonyl (C=O) groups is 2. The van der Waals surface area contributed by atoms with Gasteiger partial charge in [0.1, 0.15) is 21.4 Å². The van der Waals surface area contributed by atoms with Gasteiger partial charge in [-0.15, -0.1) is 0 Å². The molecule has 0 bridgehead atoms. The molecule has 7 nitrogen and oxygen atoms in total. The van der Waals surface area contributed by atoms with Crippen molar-refractivity contribution in [2.24, 2.45) is 5.92 Å². The summed E-state index contributed by atoms with van der Waals surface area (Å²) >= 11 is 6.81. The van der Waals surface area contributed by atoms with E-state index in [9.17, 15) is 9.59 Å². The Morgan fingerprint density at radius 2 is 1.89 bits per heavy atom. The summed E-state index contributed by atoms with van der Waals surface area (Å²) in [6, 6.07) is 6.91. The summed E-state index contributed by atoms with van der Waals surface area (Å²) in [5.74, 6) is 1.55. The van der Waals surface area contributed by atoms with E-state index in [1.807, 2.05) is 6.92 Å². The number of thioether (sulfide) groups is 1. The van der Waals surface area contributed by atoms with Gasteiger partial charge in [0, 0.05) is 17.7 Å². The molecule has 2 aromatic rings. The van der Waals surface area contributed by atoms with Crippen LogP contribution >= 0.6 is 24.0 Å². The molecule has 0 spiro atoms. The number of rotatable bonds is 10. The van der Waals surface area contributed by atoms with Crippen molar-refractivity contribution < 1.29 is 28.2 Å². The van der Waals surface area contributed by atoms with Crippen molar-refractivity contribution in [1.82, 2.24) is 4.90 Å². The topological polar surface area (TPSA) is 78.2 Å². The number of hydrogen-bond acceptors (Lipinski definition) is 8. The molecule has 1 saturated heterocycles. The predicted octanol–water partition coefficient (Wildman–Crippen LogP) is 6.17. The van der Waals surface area contributed by atoms with Gasteiger partial charge < -0.3 is 18.6 Å². The average molecular weight is 518 g/mol. The lowest BCUT2D eigenvalue weighted by molar-refractivity contribution is -0.123. The molecule has 9 heteroatoms. The minimum Gasteiger partial charge on any atom is -0.493 e. The molecular formula is C26H31NO6S2. The van der Waals surface area contributed by atoms with E-state index in [0.717, 1.165) is 19.3 Å². The van der Waals surface area contributed by atoms with Gasteiger partial charge in [0.2, 0.25) is 0 Å². The van der Waals surface area contributed by atoms with Crippen molar-refractivity contribution in [3.8, 4) is 22.8 Å². The molecule has 0 saturated carbocycles. The first-order chi connectivity index (χ1) is 16.8. The number of methoxy groups -OCH3 is 3. The van der Waals surface area contributed by atoms with Crippen LogP contribution in [0.5, 0.6) is 11.5 Å². The highest BCUT2D eigenvalue weighted by Gasteiger charge is 2.36. The Kier molecular flexibility index (Phi) is 9.02. The Morgan fingerprint density at radius 3 is 2.49 bits per heavy atom. The molecule has 188 valence electrons. The zero-order valence-electron chi connectivity index (χ0n) is 20.9. The molecule has 1 aliphatic rings. The van der Waals surface area contributed by atoms with Crippen molar-refractivity contribution in [3.63, 3.8) is 0 Å². The first-order valence-corrected chi connectivity index (χ1v) is 12.7. The molecule has 1 atom stereocenters. The number of hydrogen-bond donors (Lipinski definition) is 0. The van der Waals surface area contributed by atoms with Crippen LogP contribution in [0.25, 0.3) is 17.4 Å². The third-order valence-electron chi connectivity index (χ3n) is 6.16. The highest BCUT2D eigenvalue weighted by Crippen LogP contribution is 2.39. The first kappa shape index (κ1) is 26.8. The zero-order valence-corrected chi connectivity index (χ0v) is 22.5. The van der Waals surface area contributed by atoms with Gasteiger partial charge in [0.15, 0.2) is 11.5 Å². The normalized spacial score (nSPS) is 15.7. The molecular weight excluding hydrogens is 486 g/mol. The van der Waals surface area contributed by atoms with Crippen LogP contribution in [0.15, 0.2) is 33.6 Å². The van der Waals surface area contributed by atoms with Crippen molar-refractivity contribution in [3.05, 3.63) is 40.5 Å². The van der Waals surface area contributed by atoms with Gasteiger partial charge in [-0.05, 0) is 43.5 Å². The molecule has 0 radical (unpaired) electrons. The predicted molar refractivity (Wildman–Crippen MR) is 142 cm³/mol. The molecule has 1 fully saturated rings. The monoisotopic (exact) mass is 517 g/mol. The van der Waals surface area contributed by atoms with Gasteiger partial charge in [-0.3, -0.25) is 9.69 Å². The minimum absolute atomic E-state index is 0.0361. The van der Waals surface area contributed by atoms with Gasteiger partial charge in [0.05, 0.1) is 26.2 Å². The quantitative estimate of drug-likeness (QED) is 0.210. The number of benzene rings is 1. The lowest BCUT2D eigenvalue weighted by Crippen LogP contribution is -2.37. The molecule has 3 rings (SSSR count). The summed E-state index contributed by atoms with van der Waals surface area (Å²) in [6.07, 6.45) is 4.77. The van der Waals surface area contributed by atoms with Crippen molar-refractivity contribution in [1.29, 1.82) is 0 Å². The number of nitrogens with zero attached hydrogens (tertiary/aromatic N) is 1. The van der Waals surface area contributed by atoms with E-state index in [2.05, 4.69) is 13.8 Å². The van der Waals surface area contributed by atoms with Crippen LogP contribution in [0.3, 0.4) is 0 Å². The van der Waals surface area contributed by atoms with Crippen LogP contribution < -0.4 is 9.47 Å². The zero-order chi connectivity index (χ0) is 25.7. The van der Waals surface area contributed by atoms with E-state index < -0.39 is 5.97 Å². The van der Waals surface area contributed by atoms with E-state index in [0.29, 0.717) is 38.0 Å². The molecule has 1 aliphatic heterocycles. The SMILES string of the molecule is CCC(CC)CC(C)N1C(=O)/C(=C/c2ccc(-c3cc(OC)c(OC)c(C(=O)OC)c3)o2)SC1=S. The van der Waals surface area contributed by atoms with Gasteiger partial charge in [-0.25, -0.2) is 4.79 Å². The largest absolute Gasteiger partial charge is 0.493 e. The molecule has 0 aliphatic carbocycles. The fraction of sp³-hybridized carbons (Fsp3) is 0.423. The van der Waals surface area contributed by atoms with E-state index in [1.54, 1.807) is 35.2 Å². The smallest absolute Gasteiger partial charge is 0.341 e. The summed E-state index contributed by atoms with van der Waals surface area (Å²) in [6.45, 7) is 6.39. The summed E-state index contributed by atoms with van der Waals surface area (Å²) in [5.41, 5.74) is 0.823. The Labute approximate surface area is 215 Å². The second kappa shape index (κ2) is 11.8. The summed E-state index contributed by atoms with van der Waals surface area (Å²) in [7, 11) is 4.24. The first-order valence-electron chi connectivity index (χ1n) is 11.5. The lowest BCUT2D eigenvalue weighted by Gasteiger charge is -2.26. The van der Waals surface area contributed by atoms with Gasteiger partial charge >= 0.3 is 5.97 Å². The maximum Gasteiger partial charge on any atom is 0.341 e. The highest BCUT2D eigenvalue weighted by atomic mass is 32.2. The van der Waals surface area contributed by atoms with Crippen LogP contribution in [-0.2, 0) is 9.53 Å². The van der Waals surface area contributed by atoms with Gasteiger partial charge in [0.25, 0.3) is 5.91 Å². The van der Waals surface area contributed by atoms with E-state index >= 15 is 0 Å². The van der Waals surface area contributed by atoms with Crippen LogP contribution in [0.4, 0.5) is 0 Å². The Bertz CT molecular complexity index is 1130. The van der Waals surface area contributed by atoms with Gasteiger partial charge in [-0.2, -0.15) is 0 Å². The van der Waals surface area contributed by atoms with E-state index in [1.165, 1.54) is 33.1 Å². The van der Waals surface area contributed by atoms with Gasteiger partial charge in [-0.1, -0.05) is 50.7 Å². The molecule has 0 N–H and O–H groups in total. The third kappa shape index (κ3) is 5.73. The number of ether oxygens (including phenoxy) is 3. The van der Waals surface area contributed by atoms with Crippen LogP contribution in [0, 0.1) is 5.92 Å². The van der Waals surface area contributed by atoms with Crippen LogP contribution in [0.2, 0.25) is 0 Å². The van der Waals surface area contributed by atoms with Crippen molar-refractivity contribution >= 4 is 46.3 Å². The maximum absolute atomic E-state index is 13.1. The Morgan fingerprint density at radius 1 is 1.17 bits per heavy atom. The van der Waals surface area contributed by atoms with Crippen molar-refractivity contribution in [2.75, 3.05) is 21.3 Å². The van der Waals surface area contributed by atoms with Crippen LogP contribution in [-0.4, -0.2) is 48.5 Å². The molecule has 1 aromatic heterocycles. The molecule has 35 heavy (non-hydrogen) atoms. The molecule has 1 unspecified atom stereocenters. The fourth-order valence-corrected chi connectivity index (χ4v) is 5.59. The Hall–Kier alpha value is -2.78. The number of amides is 1. The number of thiocarbonyl (C=S) groups is 1. The van der Waals surface area contributed by atoms with E-state index in [-0.39, 0.29) is 23.3 Å². The maximum atomic E-state index is 13.1. The van der Waals surface area contributed by atoms with Crippen LogP contribution in [0.1, 0.15) is 56.2 Å². The molecule has 2 heterocycles. The van der Waals surface area contributed by atoms with E-state index in [4.69, 9.17) is 30.8 Å². The average Bonchev–Trinajstić information content (AvgIpc) is 3.44. The molecule has 1 aromatic carbocycles. The lowest BCUT2D eigenvalue weighted by atomic mass is 9.95. The Balaban J connectivity index is 1.88. The summed E-state index contributed by atoms with van der Waals surface area (Å²) in [5, 5.41) is 0. The third-order valence-corrected chi connectivity index (χ3v) is 7.49. The summed E-state index contributed by atoms with van der Waals surface area (Å²) in [4.78, 5) is 27.6. The highest BCUT2D eigenvalue weighted by molar-refractivity contribution is 8.26.